The Kier molecular flexibility index (Phi) is 6.04. The summed E-state index contributed by atoms with van der Waals surface area (Å²) in [6.45, 7) is 3.54. The second kappa shape index (κ2) is 7.83. The topological polar surface area (TPSA) is 97.9 Å². The van der Waals surface area contributed by atoms with Gasteiger partial charge in [-0.2, -0.15) is 0 Å². The van der Waals surface area contributed by atoms with E-state index in [1.54, 1.807) is 27.2 Å². The molecule has 0 aliphatic heterocycles. The molecule has 0 radical (unpaired) electrons. The first-order valence-electron chi connectivity index (χ1n) is 7.70. The molecule has 0 aliphatic carbocycles. The number of aromatic amines is 1. The Hall–Kier alpha value is -1.82. The van der Waals surface area contributed by atoms with Crippen LogP contribution in [0.4, 0.5) is 0 Å². The molecule has 2 rings (SSSR count). The van der Waals surface area contributed by atoms with Gasteiger partial charge in [0, 0.05) is 17.1 Å². The highest BCUT2D eigenvalue weighted by atomic mass is 31.2. The number of rotatable bonds is 9. The van der Waals surface area contributed by atoms with Crippen molar-refractivity contribution < 1.29 is 28.3 Å². The Bertz CT molecular complexity index is 746. The monoisotopic (exact) mass is 355 g/mol. The Morgan fingerprint density at radius 2 is 1.96 bits per heavy atom. The second-order valence-electron chi connectivity index (χ2n) is 5.16. The number of aliphatic carboxylic acids is 1. The summed E-state index contributed by atoms with van der Waals surface area (Å²) < 4.78 is 28.5. The van der Waals surface area contributed by atoms with Crippen LogP contribution >= 0.6 is 7.60 Å². The van der Waals surface area contributed by atoms with Gasteiger partial charge < -0.3 is 23.9 Å². The standard InChI is InChI=1S/C16H22NO6P/c1-4-22-24(20,23-5-2)15(16(18)19)8-11-10-17-14-7-6-12(21-3)9-13(11)14/h6-7,9-10,15,17H,4-5,8H2,1-3H3,(H,18,19). The van der Waals surface area contributed by atoms with E-state index in [2.05, 4.69) is 4.98 Å². The van der Waals surface area contributed by atoms with Crippen LogP contribution in [0.2, 0.25) is 0 Å². The fourth-order valence-corrected chi connectivity index (χ4v) is 4.42. The number of carbonyl (C=O) groups is 1. The van der Waals surface area contributed by atoms with Crippen LogP contribution in [0, 0.1) is 0 Å². The smallest absolute Gasteiger partial charge is 0.345 e. The van der Waals surface area contributed by atoms with Gasteiger partial charge in [0.1, 0.15) is 5.75 Å². The minimum atomic E-state index is -3.77. The van der Waals surface area contributed by atoms with Gasteiger partial charge in [-0.15, -0.1) is 0 Å². The van der Waals surface area contributed by atoms with Crippen molar-refractivity contribution in [2.24, 2.45) is 0 Å². The highest BCUT2D eigenvalue weighted by molar-refractivity contribution is 7.55. The summed E-state index contributed by atoms with van der Waals surface area (Å²) in [5.41, 5.74) is 0.288. The number of carboxylic acids is 1. The molecule has 0 saturated carbocycles. The fraction of sp³-hybridized carbons (Fsp3) is 0.438. The number of aromatic nitrogens is 1. The number of ether oxygens (including phenoxy) is 1. The molecule has 0 spiro atoms. The average molecular weight is 355 g/mol. The Labute approximate surface area is 140 Å². The lowest BCUT2D eigenvalue weighted by Crippen LogP contribution is -2.25. The zero-order chi connectivity index (χ0) is 17.7. The highest BCUT2D eigenvalue weighted by Gasteiger charge is 2.41. The van der Waals surface area contributed by atoms with Gasteiger partial charge in [-0.1, -0.05) is 0 Å². The van der Waals surface area contributed by atoms with Crippen molar-refractivity contribution in [2.75, 3.05) is 20.3 Å². The summed E-state index contributed by atoms with van der Waals surface area (Å²) >= 11 is 0. The van der Waals surface area contributed by atoms with Crippen LogP contribution in [0.3, 0.4) is 0 Å². The van der Waals surface area contributed by atoms with Crippen molar-refractivity contribution in [3.05, 3.63) is 30.0 Å². The van der Waals surface area contributed by atoms with Gasteiger partial charge in [0.2, 0.25) is 0 Å². The summed E-state index contributed by atoms with van der Waals surface area (Å²) in [4.78, 5) is 14.8. The summed E-state index contributed by atoms with van der Waals surface area (Å²) in [6.07, 6.45) is 1.74. The quantitative estimate of drug-likeness (QED) is 0.669. The number of fused-ring (bicyclic) bond motifs is 1. The molecule has 7 nitrogen and oxygen atoms in total. The maximum Gasteiger partial charge on any atom is 0.345 e. The maximum atomic E-state index is 12.9. The molecule has 0 aliphatic rings. The first-order chi connectivity index (χ1) is 11.4. The molecule has 1 aromatic heterocycles. The third-order valence-corrected chi connectivity index (χ3v) is 6.08. The number of H-pyrrole nitrogens is 1. The molecule has 0 amide bonds. The maximum absolute atomic E-state index is 12.9. The van der Waals surface area contributed by atoms with Crippen LogP contribution in [0.25, 0.3) is 10.9 Å². The van der Waals surface area contributed by atoms with E-state index >= 15 is 0 Å². The summed E-state index contributed by atoms with van der Waals surface area (Å²) in [6, 6.07) is 5.47. The number of hydrogen-bond acceptors (Lipinski definition) is 5. The largest absolute Gasteiger partial charge is 0.497 e. The van der Waals surface area contributed by atoms with Crippen molar-refractivity contribution in [1.82, 2.24) is 4.98 Å². The van der Waals surface area contributed by atoms with E-state index in [9.17, 15) is 14.5 Å². The number of nitrogens with one attached hydrogen (secondary N) is 1. The minimum Gasteiger partial charge on any atom is -0.497 e. The van der Waals surface area contributed by atoms with Crippen LogP contribution < -0.4 is 4.74 Å². The molecule has 2 aromatic rings. The van der Waals surface area contributed by atoms with Crippen molar-refractivity contribution in [2.45, 2.75) is 25.9 Å². The molecule has 1 atom stereocenters. The average Bonchev–Trinajstić information content (AvgIpc) is 2.94. The molecule has 1 heterocycles. The molecule has 0 saturated heterocycles. The molecule has 2 N–H and O–H groups in total. The van der Waals surface area contributed by atoms with Crippen molar-refractivity contribution in [1.29, 1.82) is 0 Å². The van der Waals surface area contributed by atoms with E-state index in [-0.39, 0.29) is 19.6 Å². The molecule has 132 valence electrons. The molecule has 1 aromatic carbocycles. The van der Waals surface area contributed by atoms with E-state index in [4.69, 9.17) is 13.8 Å². The molecular weight excluding hydrogens is 333 g/mol. The SMILES string of the molecule is CCOP(=O)(OCC)C(Cc1c[nH]c2ccc(OC)cc12)C(=O)O. The highest BCUT2D eigenvalue weighted by Crippen LogP contribution is 2.54. The summed E-state index contributed by atoms with van der Waals surface area (Å²) in [5, 5.41) is 10.4. The molecular formula is C16H22NO6P. The number of hydrogen-bond donors (Lipinski definition) is 2. The predicted molar refractivity (Wildman–Crippen MR) is 90.8 cm³/mol. The summed E-state index contributed by atoms with van der Waals surface area (Å²) in [7, 11) is -2.21. The van der Waals surface area contributed by atoms with Crippen molar-refractivity contribution in [3.63, 3.8) is 0 Å². The lowest BCUT2D eigenvalue weighted by Gasteiger charge is -2.23. The van der Waals surface area contributed by atoms with E-state index in [1.165, 1.54) is 0 Å². The van der Waals surface area contributed by atoms with E-state index in [1.807, 2.05) is 18.2 Å². The third kappa shape index (κ3) is 3.80. The molecule has 8 heteroatoms. The Balaban J connectivity index is 2.40. The van der Waals surface area contributed by atoms with Gasteiger partial charge in [-0.3, -0.25) is 9.36 Å². The van der Waals surface area contributed by atoms with Gasteiger partial charge in [0.15, 0.2) is 5.66 Å². The van der Waals surface area contributed by atoms with E-state index < -0.39 is 19.2 Å². The van der Waals surface area contributed by atoms with Crippen molar-refractivity contribution in [3.8, 4) is 5.75 Å². The van der Waals surface area contributed by atoms with Crippen LogP contribution in [0.1, 0.15) is 19.4 Å². The van der Waals surface area contributed by atoms with Crippen LogP contribution in [-0.2, 0) is 24.8 Å². The first-order valence-corrected chi connectivity index (χ1v) is 9.32. The van der Waals surface area contributed by atoms with E-state index in [0.29, 0.717) is 5.75 Å². The molecule has 1 unspecified atom stereocenters. The lowest BCUT2D eigenvalue weighted by atomic mass is 10.1. The van der Waals surface area contributed by atoms with Gasteiger partial charge in [0.05, 0.1) is 20.3 Å². The normalized spacial score (nSPS) is 13.1. The molecule has 24 heavy (non-hydrogen) atoms. The van der Waals surface area contributed by atoms with Crippen LogP contribution in [-0.4, -0.2) is 42.0 Å². The first kappa shape index (κ1) is 18.5. The zero-order valence-corrected chi connectivity index (χ0v) is 14.8. The van der Waals surface area contributed by atoms with Gasteiger partial charge in [-0.25, -0.2) is 0 Å². The minimum absolute atomic E-state index is 0.0276. The second-order valence-corrected chi connectivity index (χ2v) is 7.38. The van der Waals surface area contributed by atoms with Crippen LogP contribution in [0.15, 0.2) is 24.4 Å². The number of benzene rings is 1. The fourth-order valence-electron chi connectivity index (χ4n) is 2.57. The Morgan fingerprint density at radius 1 is 1.29 bits per heavy atom. The Morgan fingerprint density at radius 3 is 2.50 bits per heavy atom. The van der Waals surface area contributed by atoms with Gasteiger partial charge >= 0.3 is 13.6 Å². The number of methoxy groups -OCH3 is 1. The predicted octanol–water partition coefficient (Wildman–Crippen LogP) is 3.44. The molecule has 0 fully saturated rings. The number of carboxylic acid groups (broad SMARTS) is 1. The van der Waals surface area contributed by atoms with Gasteiger partial charge in [0.25, 0.3) is 0 Å². The molecule has 0 bridgehead atoms. The summed E-state index contributed by atoms with van der Waals surface area (Å²) in [5.74, 6) is -0.550. The lowest BCUT2D eigenvalue weighted by molar-refractivity contribution is -0.137. The van der Waals surface area contributed by atoms with Gasteiger partial charge in [-0.05, 0) is 44.0 Å². The van der Waals surface area contributed by atoms with E-state index in [0.717, 1.165) is 16.5 Å². The van der Waals surface area contributed by atoms with Crippen LogP contribution in [0.5, 0.6) is 5.75 Å². The zero-order valence-electron chi connectivity index (χ0n) is 13.9. The third-order valence-electron chi connectivity index (χ3n) is 3.67. The van der Waals surface area contributed by atoms with Crippen molar-refractivity contribution >= 4 is 24.5 Å².